The highest BCUT2D eigenvalue weighted by molar-refractivity contribution is 6.30. The van der Waals surface area contributed by atoms with E-state index in [4.69, 9.17) is 16.3 Å². The summed E-state index contributed by atoms with van der Waals surface area (Å²) in [6.07, 6.45) is 0.361. The van der Waals surface area contributed by atoms with Gasteiger partial charge in [-0.15, -0.1) is 0 Å². The van der Waals surface area contributed by atoms with Crippen molar-refractivity contribution >= 4 is 29.3 Å². The Labute approximate surface area is 137 Å². The van der Waals surface area contributed by atoms with Crippen LogP contribution in [0.4, 0.5) is 10.2 Å². The van der Waals surface area contributed by atoms with E-state index in [1.165, 1.54) is 43.5 Å². The summed E-state index contributed by atoms with van der Waals surface area (Å²) in [5.41, 5.74) is 0.600. The minimum atomic E-state index is -0.986. The highest BCUT2D eigenvalue weighted by Crippen LogP contribution is 2.10. The molecule has 0 aliphatic rings. The van der Waals surface area contributed by atoms with Gasteiger partial charge in [0.25, 0.3) is 5.91 Å². The molecule has 120 valence electrons. The molecule has 0 bridgehead atoms. The predicted molar refractivity (Wildman–Crippen MR) is 83.5 cm³/mol. The van der Waals surface area contributed by atoms with Crippen molar-refractivity contribution in [3.63, 3.8) is 0 Å². The minimum absolute atomic E-state index is 0.0445. The third kappa shape index (κ3) is 5.34. The fraction of sp³-hybridized carbons (Fsp3) is 0.188. The lowest BCUT2D eigenvalue weighted by Gasteiger charge is -2.13. The van der Waals surface area contributed by atoms with Gasteiger partial charge >= 0.3 is 5.97 Å². The first-order valence-corrected chi connectivity index (χ1v) is 7.18. The van der Waals surface area contributed by atoms with E-state index in [1.807, 2.05) is 0 Å². The number of hydrogen-bond donors (Lipinski definition) is 1. The van der Waals surface area contributed by atoms with Crippen LogP contribution in [-0.2, 0) is 20.7 Å². The Morgan fingerprint density at radius 2 is 1.96 bits per heavy atom. The molecule has 2 aromatic rings. The average Bonchev–Trinajstić information content (AvgIpc) is 2.51. The first-order valence-electron chi connectivity index (χ1n) is 6.80. The molecule has 1 aromatic heterocycles. The Bertz CT molecular complexity index is 689. The maximum absolute atomic E-state index is 12.8. The van der Waals surface area contributed by atoms with Crippen molar-refractivity contribution in [3.05, 3.63) is 59.0 Å². The zero-order valence-electron chi connectivity index (χ0n) is 12.3. The molecule has 1 heterocycles. The molecule has 0 aliphatic heterocycles. The van der Waals surface area contributed by atoms with Gasteiger partial charge in [-0.1, -0.05) is 23.7 Å². The van der Waals surface area contributed by atoms with Gasteiger partial charge in [0.05, 0.1) is 11.4 Å². The van der Waals surface area contributed by atoms with Crippen LogP contribution in [0.1, 0.15) is 12.5 Å². The Kier molecular flexibility index (Phi) is 5.65. The molecule has 1 unspecified atom stereocenters. The Morgan fingerprint density at radius 3 is 2.57 bits per heavy atom. The first-order chi connectivity index (χ1) is 10.9. The molecule has 0 spiro atoms. The number of nitrogens with one attached hydrogen (secondary N) is 1. The number of ether oxygens (including phenoxy) is 1. The second kappa shape index (κ2) is 7.69. The molecule has 2 rings (SSSR count). The average molecular weight is 337 g/mol. The summed E-state index contributed by atoms with van der Waals surface area (Å²) in [6.45, 7) is 1.45. The zero-order valence-corrected chi connectivity index (χ0v) is 13.0. The van der Waals surface area contributed by atoms with Crippen molar-refractivity contribution in [2.45, 2.75) is 19.4 Å². The third-order valence-electron chi connectivity index (χ3n) is 2.92. The van der Waals surface area contributed by atoms with E-state index < -0.39 is 18.0 Å². The molecule has 23 heavy (non-hydrogen) atoms. The number of anilines is 1. The van der Waals surface area contributed by atoms with E-state index in [1.54, 1.807) is 6.07 Å². The number of benzene rings is 1. The van der Waals surface area contributed by atoms with E-state index in [2.05, 4.69) is 10.3 Å². The number of nitrogens with zero attached hydrogens (tertiary/aromatic N) is 1. The highest BCUT2D eigenvalue weighted by atomic mass is 35.5. The van der Waals surface area contributed by atoms with E-state index in [0.717, 1.165) is 0 Å². The van der Waals surface area contributed by atoms with Gasteiger partial charge < -0.3 is 10.1 Å². The molecule has 1 amide bonds. The monoisotopic (exact) mass is 336 g/mol. The topological polar surface area (TPSA) is 68.3 Å². The number of carbonyl (C=O) groups excluding carboxylic acids is 2. The summed E-state index contributed by atoms with van der Waals surface area (Å²) in [6, 6.07) is 8.59. The SMILES string of the molecule is CC(OC(=O)Cc1ccc(F)cc1)C(=O)Nc1ccc(Cl)cn1. The van der Waals surface area contributed by atoms with Crippen LogP contribution in [0.5, 0.6) is 0 Å². The van der Waals surface area contributed by atoms with Crippen LogP contribution >= 0.6 is 11.6 Å². The fourth-order valence-corrected chi connectivity index (χ4v) is 1.85. The number of hydrogen-bond acceptors (Lipinski definition) is 4. The number of pyridine rings is 1. The Hall–Kier alpha value is -2.47. The number of halogens is 2. The molecule has 1 atom stereocenters. The van der Waals surface area contributed by atoms with Crippen LogP contribution in [0.15, 0.2) is 42.6 Å². The summed E-state index contributed by atoms with van der Waals surface area (Å²) in [5, 5.41) is 2.96. The number of esters is 1. The number of aromatic nitrogens is 1. The second-order valence-corrected chi connectivity index (χ2v) is 5.22. The summed E-state index contributed by atoms with van der Waals surface area (Å²) in [5.74, 6) is -1.17. The zero-order chi connectivity index (χ0) is 16.8. The standard InChI is InChI=1S/C16H14ClFN2O3/c1-10(16(22)20-14-7-4-12(17)9-19-14)23-15(21)8-11-2-5-13(18)6-3-11/h2-7,9-10H,8H2,1H3,(H,19,20,22). The van der Waals surface area contributed by atoms with Crippen molar-refractivity contribution in [1.82, 2.24) is 4.98 Å². The Morgan fingerprint density at radius 1 is 1.26 bits per heavy atom. The van der Waals surface area contributed by atoms with Crippen molar-refractivity contribution in [3.8, 4) is 0 Å². The van der Waals surface area contributed by atoms with Crippen molar-refractivity contribution < 1.29 is 18.7 Å². The van der Waals surface area contributed by atoms with Crippen molar-refractivity contribution in [2.24, 2.45) is 0 Å². The summed E-state index contributed by atoms with van der Waals surface area (Å²) in [4.78, 5) is 27.6. The fourth-order valence-electron chi connectivity index (χ4n) is 1.74. The Balaban J connectivity index is 1.86. The molecule has 1 aromatic carbocycles. The van der Waals surface area contributed by atoms with Crippen LogP contribution in [0, 0.1) is 5.82 Å². The maximum Gasteiger partial charge on any atom is 0.311 e. The molecule has 0 saturated carbocycles. The predicted octanol–water partition coefficient (Wildman–Crippen LogP) is 2.99. The molecule has 0 radical (unpaired) electrons. The van der Waals surface area contributed by atoms with Gasteiger partial charge in [-0.25, -0.2) is 9.37 Å². The van der Waals surface area contributed by atoms with Crippen LogP contribution in [0.2, 0.25) is 5.02 Å². The molecule has 7 heteroatoms. The molecule has 0 saturated heterocycles. The van der Waals surface area contributed by atoms with Gasteiger partial charge in [-0.2, -0.15) is 0 Å². The van der Waals surface area contributed by atoms with E-state index in [0.29, 0.717) is 16.4 Å². The van der Waals surface area contributed by atoms with Crippen LogP contribution in [-0.4, -0.2) is 23.0 Å². The maximum atomic E-state index is 12.8. The van der Waals surface area contributed by atoms with Gasteiger partial charge in [0.15, 0.2) is 6.10 Å². The van der Waals surface area contributed by atoms with Crippen molar-refractivity contribution in [2.75, 3.05) is 5.32 Å². The van der Waals surface area contributed by atoms with Crippen LogP contribution in [0.25, 0.3) is 0 Å². The van der Waals surface area contributed by atoms with Gasteiger partial charge in [0.2, 0.25) is 0 Å². The molecular formula is C16H14ClFN2O3. The van der Waals surface area contributed by atoms with E-state index >= 15 is 0 Å². The second-order valence-electron chi connectivity index (χ2n) is 4.79. The van der Waals surface area contributed by atoms with Crippen LogP contribution < -0.4 is 5.32 Å². The highest BCUT2D eigenvalue weighted by Gasteiger charge is 2.18. The van der Waals surface area contributed by atoms with Crippen LogP contribution in [0.3, 0.4) is 0 Å². The molecule has 0 aliphatic carbocycles. The lowest BCUT2D eigenvalue weighted by molar-refractivity contribution is -0.152. The van der Waals surface area contributed by atoms with Gasteiger partial charge in [0.1, 0.15) is 11.6 Å². The normalized spacial score (nSPS) is 11.6. The lowest BCUT2D eigenvalue weighted by atomic mass is 10.1. The quantitative estimate of drug-likeness (QED) is 0.852. The first kappa shape index (κ1) is 16.9. The number of rotatable bonds is 5. The number of carbonyl (C=O) groups is 2. The molecule has 1 N–H and O–H groups in total. The van der Waals surface area contributed by atoms with E-state index in [9.17, 15) is 14.0 Å². The van der Waals surface area contributed by atoms with Crippen molar-refractivity contribution in [1.29, 1.82) is 0 Å². The number of amides is 1. The molecule has 5 nitrogen and oxygen atoms in total. The summed E-state index contributed by atoms with van der Waals surface area (Å²) in [7, 11) is 0. The van der Waals surface area contributed by atoms with Gasteiger partial charge in [-0.05, 0) is 36.8 Å². The van der Waals surface area contributed by atoms with Gasteiger partial charge in [-0.3, -0.25) is 9.59 Å². The van der Waals surface area contributed by atoms with Gasteiger partial charge in [0, 0.05) is 6.20 Å². The minimum Gasteiger partial charge on any atom is -0.452 e. The largest absolute Gasteiger partial charge is 0.452 e. The smallest absolute Gasteiger partial charge is 0.311 e. The summed E-state index contributed by atoms with van der Waals surface area (Å²) >= 11 is 5.70. The molecular weight excluding hydrogens is 323 g/mol. The lowest BCUT2D eigenvalue weighted by Crippen LogP contribution is -2.30. The summed E-state index contributed by atoms with van der Waals surface area (Å²) < 4.78 is 17.8. The third-order valence-corrected chi connectivity index (χ3v) is 3.14. The molecule has 0 fully saturated rings. The van der Waals surface area contributed by atoms with E-state index in [-0.39, 0.29) is 12.2 Å².